The summed E-state index contributed by atoms with van der Waals surface area (Å²) in [5.41, 5.74) is 7.64. The number of nitrogens with zero attached hydrogens (tertiary/aromatic N) is 5. The van der Waals surface area contributed by atoms with Gasteiger partial charge in [0.1, 0.15) is 5.82 Å². The van der Waals surface area contributed by atoms with Crippen molar-refractivity contribution in [2.75, 3.05) is 11.1 Å². The molecule has 0 bridgehead atoms. The van der Waals surface area contributed by atoms with Crippen molar-refractivity contribution in [3.05, 3.63) is 53.9 Å². The van der Waals surface area contributed by atoms with Gasteiger partial charge in [0.15, 0.2) is 5.82 Å². The third-order valence-electron chi connectivity index (χ3n) is 3.04. The van der Waals surface area contributed by atoms with Crippen LogP contribution in [-0.4, -0.2) is 24.9 Å². The maximum absolute atomic E-state index is 9.08. The summed E-state index contributed by atoms with van der Waals surface area (Å²) in [5, 5.41) is 25.1. The van der Waals surface area contributed by atoms with Crippen molar-refractivity contribution in [3.63, 3.8) is 0 Å². The average Bonchev–Trinajstić information content (AvgIpc) is 3.04. The number of nitriles is 1. The number of aliphatic hydroxyl groups excluding tert-OH is 1. The fourth-order valence-corrected chi connectivity index (χ4v) is 1.96. The standard InChI is InChI=1S/C15H13N7O/c16-8-10-1-3-11(4-2-10)18-15-19-13(17)7-14(20-15)22-6-5-12(9-23)21-22/h1-7,23H,9H2,(H3,17,18,19,20). The number of nitrogens with one attached hydrogen (secondary N) is 1. The van der Waals surface area contributed by atoms with Crippen LogP contribution in [0, 0.1) is 11.3 Å². The summed E-state index contributed by atoms with van der Waals surface area (Å²) in [6.07, 6.45) is 1.68. The highest BCUT2D eigenvalue weighted by molar-refractivity contribution is 5.57. The molecule has 3 rings (SSSR count). The van der Waals surface area contributed by atoms with Crippen LogP contribution in [0.15, 0.2) is 42.6 Å². The molecule has 0 unspecified atom stereocenters. The molecule has 8 nitrogen and oxygen atoms in total. The Hall–Kier alpha value is -3.44. The van der Waals surface area contributed by atoms with E-state index in [1.807, 2.05) is 0 Å². The monoisotopic (exact) mass is 307 g/mol. The predicted octanol–water partition coefficient (Wildman–Crippen LogP) is 1.35. The van der Waals surface area contributed by atoms with Crippen LogP contribution in [0.1, 0.15) is 11.3 Å². The molecule has 0 aliphatic heterocycles. The second-order valence-electron chi connectivity index (χ2n) is 4.70. The first kappa shape index (κ1) is 14.5. The SMILES string of the molecule is N#Cc1ccc(Nc2nc(N)cc(-n3ccc(CO)n3)n2)cc1. The third kappa shape index (κ3) is 3.25. The van der Waals surface area contributed by atoms with E-state index in [-0.39, 0.29) is 12.4 Å². The Morgan fingerprint density at radius 3 is 2.65 bits per heavy atom. The van der Waals surface area contributed by atoms with Gasteiger partial charge in [-0.1, -0.05) is 0 Å². The number of nitrogen functional groups attached to an aromatic ring is 1. The lowest BCUT2D eigenvalue weighted by atomic mass is 10.2. The van der Waals surface area contributed by atoms with Gasteiger partial charge in [0.25, 0.3) is 0 Å². The molecule has 23 heavy (non-hydrogen) atoms. The van der Waals surface area contributed by atoms with Crippen molar-refractivity contribution in [1.29, 1.82) is 5.26 Å². The lowest BCUT2D eigenvalue weighted by Crippen LogP contribution is -2.06. The summed E-state index contributed by atoms with van der Waals surface area (Å²) in [4.78, 5) is 8.47. The molecule has 4 N–H and O–H groups in total. The van der Waals surface area contributed by atoms with Crippen molar-refractivity contribution >= 4 is 17.5 Å². The Bertz CT molecular complexity index is 864. The summed E-state index contributed by atoms with van der Waals surface area (Å²) in [6.45, 7) is -0.149. The van der Waals surface area contributed by atoms with E-state index >= 15 is 0 Å². The highest BCUT2D eigenvalue weighted by Crippen LogP contribution is 2.17. The normalized spacial score (nSPS) is 10.3. The van der Waals surface area contributed by atoms with Crippen LogP contribution in [0.4, 0.5) is 17.5 Å². The molecule has 2 aromatic heterocycles. The van der Waals surface area contributed by atoms with E-state index in [2.05, 4.69) is 26.5 Å². The fraction of sp³-hybridized carbons (Fsp3) is 0.0667. The number of rotatable bonds is 4. The van der Waals surface area contributed by atoms with E-state index < -0.39 is 0 Å². The van der Waals surface area contributed by atoms with Crippen LogP contribution in [0.3, 0.4) is 0 Å². The molecular weight excluding hydrogens is 294 g/mol. The van der Waals surface area contributed by atoms with E-state index in [1.54, 1.807) is 42.6 Å². The van der Waals surface area contributed by atoms with E-state index in [4.69, 9.17) is 16.1 Å². The number of nitrogens with two attached hydrogens (primary N) is 1. The smallest absolute Gasteiger partial charge is 0.231 e. The topological polar surface area (TPSA) is 126 Å². The van der Waals surface area contributed by atoms with Gasteiger partial charge in [0, 0.05) is 18.0 Å². The molecule has 0 atom stereocenters. The van der Waals surface area contributed by atoms with E-state index in [0.29, 0.717) is 23.0 Å². The largest absolute Gasteiger partial charge is 0.390 e. The predicted molar refractivity (Wildman–Crippen MR) is 83.9 cm³/mol. The van der Waals surface area contributed by atoms with Crippen LogP contribution in [-0.2, 0) is 6.61 Å². The second kappa shape index (κ2) is 6.13. The molecule has 0 saturated heterocycles. The van der Waals surface area contributed by atoms with Gasteiger partial charge in [-0.05, 0) is 30.3 Å². The molecule has 0 saturated carbocycles. The Balaban J connectivity index is 1.89. The number of aliphatic hydroxyl groups is 1. The van der Waals surface area contributed by atoms with Gasteiger partial charge in [0.2, 0.25) is 5.95 Å². The van der Waals surface area contributed by atoms with Crippen LogP contribution < -0.4 is 11.1 Å². The van der Waals surface area contributed by atoms with Crippen molar-refractivity contribution < 1.29 is 5.11 Å². The molecule has 114 valence electrons. The van der Waals surface area contributed by atoms with Crippen molar-refractivity contribution in [2.45, 2.75) is 6.61 Å². The number of hydrogen-bond donors (Lipinski definition) is 3. The quantitative estimate of drug-likeness (QED) is 0.664. The number of benzene rings is 1. The zero-order valence-electron chi connectivity index (χ0n) is 12.0. The Labute approximate surface area is 131 Å². The third-order valence-corrected chi connectivity index (χ3v) is 3.04. The Morgan fingerprint density at radius 2 is 2.00 bits per heavy atom. The van der Waals surface area contributed by atoms with Gasteiger partial charge in [-0.25, -0.2) is 4.68 Å². The summed E-state index contributed by atoms with van der Waals surface area (Å²) in [7, 11) is 0. The molecule has 0 radical (unpaired) electrons. The lowest BCUT2D eigenvalue weighted by molar-refractivity contribution is 0.276. The van der Waals surface area contributed by atoms with E-state index in [1.165, 1.54) is 4.68 Å². The molecule has 3 aromatic rings. The minimum Gasteiger partial charge on any atom is -0.390 e. The van der Waals surface area contributed by atoms with Crippen LogP contribution in [0.5, 0.6) is 0 Å². The number of anilines is 3. The molecular formula is C15H13N7O. The summed E-state index contributed by atoms with van der Waals surface area (Å²) in [6, 6.07) is 12.2. The molecule has 0 aliphatic rings. The first-order valence-electron chi connectivity index (χ1n) is 6.75. The summed E-state index contributed by atoms with van der Waals surface area (Å²) < 4.78 is 1.51. The zero-order chi connectivity index (χ0) is 16.2. The zero-order valence-corrected chi connectivity index (χ0v) is 12.0. The second-order valence-corrected chi connectivity index (χ2v) is 4.70. The van der Waals surface area contributed by atoms with Gasteiger partial charge >= 0.3 is 0 Å². The van der Waals surface area contributed by atoms with E-state index in [0.717, 1.165) is 5.69 Å². The maximum atomic E-state index is 9.08. The maximum Gasteiger partial charge on any atom is 0.231 e. The van der Waals surface area contributed by atoms with Crippen molar-refractivity contribution in [1.82, 2.24) is 19.7 Å². The molecule has 2 heterocycles. The van der Waals surface area contributed by atoms with Gasteiger partial charge < -0.3 is 16.2 Å². The molecule has 0 amide bonds. The fourth-order valence-electron chi connectivity index (χ4n) is 1.96. The molecule has 0 aliphatic carbocycles. The summed E-state index contributed by atoms with van der Waals surface area (Å²) >= 11 is 0. The van der Waals surface area contributed by atoms with Crippen molar-refractivity contribution in [2.24, 2.45) is 0 Å². The highest BCUT2D eigenvalue weighted by Gasteiger charge is 2.07. The highest BCUT2D eigenvalue weighted by atomic mass is 16.3. The molecule has 0 spiro atoms. The average molecular weight is 307 g/mol. The number of hydrogen-bond acceptors (Lipinski definition) is 7. The summed E-state index contributed by atoms with van der Waals surface area (Å²) in [5.74, 6) is 1.08. The van der Waals surface area contributed by atoms with Gasteiger partial charge in [-0.2, -0.15) is 20.3 Å². The van der Waals surface area contributed by atoms with Crippen LogP contribution in [0.25, 0.3) is 5.82 Å². The van der Waals surface area contributed by atoms with Crippen LogP contribution in [0.2, 0.25) is 0 Å². The number of aromatic nitrogens is 4. The van der Waals surface area contributed by atoms with Crippen molar-refractivity contribution in [3.8, 4) is 11.9 Å². The van der Waals surface area contributed by atoms with Crippen LogP contribution >= 0.6 is 0 Å². The lowest BCUT2D eigenvalue weighted by Gasteiger charge is -2.08. The minimum atomic E-state index is -0.149. The van der Waals surface area contributed by atoms with Gasteiger partial charge in [-0.3, -0.25) is 0 Å². The van der Waals surface area contributed by atoms with Gasteiger partial charge in [0.05, 0.1) is 23.9 Å². The molecule has 8 heteroatoms. The molecule has 0 fully saturated rings. The van der Waals surface area contributed by atoms with E-state index in [9.17, 15) is 0 Å². The van der Waals surface area contributed by atoms with Gasteiger partial charge in [-0.15, -0.1) is 0 Å². The first-order valence-corrected chi connectivity index (χ1v) is 6.75. The Kier molecular flexibility index (Phi) is 3.86. The molecule has 1 aromatic carbocycles. The Morgan fingerprint density at radius 1 is 1.22 bits per heavy atom. The minimum absolute atomic E-state index is 0.149. The first-order chi connectivity index (χ1) is 11.2.